The number of imide groups is 1. The second-order valence-electron chi connectivity index (χ2n) is 5.70. The molecule has 0 saturated carbocycles. The van der Waals surface area contributed by atoms with Gasteiger partial charge in [-0.25, -0.2) is 0 Å². The Morgan fingerprint density at radius 1 is 1.36 bits per heavy atom. The summed E-state index contributed by atoms with van der Waals surface area (Å²) >= 11 is 2.90. The van der Waals surface area contributed by atoms with Crippen molar-refractivity contribution in [2.24, 2.45) is 0 Å². The van der Waals surface area contributed by atoms with E-state index < -0.39 is 11.2 Å². The molecule has 1 N–H and O–H groups in total. The predicted octanol–water partition coefficient (Wildman–Crippen LogP) is 2.93. The first-order chi connectivity index (χ1) is 13.3. The third kappa shape index (κ3) is 4.49. The summed E-state index contributed by atoms with van der Waals surface area (Å²) in [6.45, 7) is 0.0801. The molecule has 1 atom stereocenters. The number of carbonyl (C=O) groups excluding carboxylic acids is 2. The van der Waals surface area contributed by atoms with E-state index in [1.54, 1.807) is 12.1 Å². The van der Waals surface area contributed by atoms with E-state index in [9.17, 15) is 19.2 Å². The molecule has 1 aliphatic heterocycles. The lowest BCUT2D eigenvalue weighted by Gasteiger charge is -2.11. The van der Waals surface area contributed by atoms with Crippen LogP contribution >= 0.6 is 27.7 Å². The van der Waals surface area contributed by atoms with Gasteiger partial charge in [0.25, 0.3) is 11.1 Å². The topological polar surface area (TPSA) is 116 Å². The first-order valence-electron chi connectivity index (χ1n) is 7.77. The van der Waals surface area contributed by atoms with Crippen LogP contribution < -0.4 is 4.74 Å². The molecule has 1 unspecified atom stereocenters. The predicted molar refractivity (Wildman–Crippen MR) is 108 cm³/mol. The number of rotatable bonds is 5. The van der Waals surface area contributed by atoms with Gasteiger partial charge in [-0.3, -0.25) is 14.5 Å². The Kier molecular flexibility index (Phi) is 6.28. The SMILES string of the molecule is CN1C(=O)S/C(=C\c2cc(OCc3cnc([S+](C)[O-])nc3)c(O)cc2Br)C1=O. The van der Waals surface area contributed by atoms with Gasteiger partial charge in [0, 0.05) is 40.7 Å². The molecule has 1 saturated heterocycles. The number of benzene rings is 1. The molecule has 0 radical (unpaired) electrons. The molecule has 0 spiro atoms. The highest BCUT2D eigenvalue weighted by atomic mass is 79.9. The Labute approximate surface area is 176 Å². The Morgan fingerprint density at radius 3 is 2.61 bits per heavy atom. The maximum Gasteiger partial charge on any atom is 0.342 e. The smallest absolute Gasteiger partial charge is 0.342 e. The highest BCUT2D eigenvalue weighted by Crippen LogP contribution is 2.37. The molecule has 0 bridgehead atoms. The van der Waals surface area contributed by atoms with Crippen LogP contribution in [-0.2, 0) is 22.6 Å². The zero-order valence-electron chi connectivity index (χ0n) is 14.7. The van der Waals surface area contributed by atoms with Crippen LogP contribution in [0.15, 0.2) is 39.1 Å². The second kappa shape index (κ2) is 8.52. The summed E-state index contributed by atoms with van der Waals surface area (Å²) in [5.74, 6) is -0.295. The van der Waals surface area contributed by atoms with Crippen molar-refractivity contribution in [3.63, 3.8) is 0 Å². The standard InChI is InChI=1S/C17H14BrN3O5S2/c1-21-15(23)14(27-17(21)24)4-10-3-13(12(22)5-11(10)18)26-8-9-6-19-16(20-7-9)28(2)25/h3-7,22H,8H2,1-2H3/b14-4-. The van der Waals surface area contributed by atoms with E-state index in [0.717, 1.165) is 16.7 Å². The number of aromatic hydroxyl groups is 1. The molecule has 1 fully saturated rings. The maximum atomic E-state index is 12.1. The molecule has 2 aromatic rings. The van der Waals surface area contributed by atoms with Gasteiger partial charge in [0.1, 0.15) is 12.9 Å². The average molecular weight is 484 g/mol. The van der Waals surface area contributed by atoms with Crippen LogP contribution in [0.1, 0.15) is 11.1 Å². The second-order valence-corrected chi connectivity index (χ2v) is 8.82. The molecule has 11 heteroatoms. The largest absolute Gasteiger partial charge is 0.609 e. The fourth-order valence-corrected chi connectivity index (χ4v) is 3.86. The first kappa shape index (κ1) is 20.6. The minimum Gasteiger partial charge on any atom is -0.609 e. The van der Waals surface area contributed by atoms with Gasteiger partial charge in [-0.2, -0.15) is 9.97 Å². The summed E-state index contributed by atoms with van der Waals surface area (Å²) < 4.78 is 17.5. The van der Waals surface area contributed by atoms with E-state index >= 15 is 0 Å². The molecule has 1 aromatic carbocycles. The van der Waals surface area contributed by atoms with Crippen molar-refractivity contribution < 1.29 is 24.0 Å². The summed E-state index contributed by atoms with van der Waals surface area (Å²) in [6, 6.07) is 3.00. The van der Waals surface area contributed by atoms with E-state index in [-0.39, 0.29) is 39.3 Å². The molecular weight excluding hydrogens is 470 g/mol. The van der Waals surface area contributed by atoms with Gasteiger partial charge in [-0.05, 0) is 35.5 Å². The molecule has 1 aliphatic rings. The number of thioether (sulfide) groups is 1. The summed E-state index contributed by atoms with van der Waals surface area (Å²) in [5.41, 5.74) is 1.20. The minimum atomic E-state index is -1.27. The number of phenolic OH excluding ortho intramolecular Hbond substituents is 1. The number of aromatic nitrogens is 2. The van der Waals surface area contributed by atoms with Crippen LogP contribution in [0.5, 0.6) is 11.5 Å². The van der Waals surface area contributed by atoms with E-state index in [0.29, 0.717) is 15.6 Å². The van der Waals surface area contributed by atoms with E-state index in [2.05, 4.69) is 25.9 Å². The van der Waals surface area contributed by atoms with Crippen molar-refractivity contribution >= 4 is 56.1 Å². The van der Waals surface area contributed by atoms with E-state index in [1.165, 1.54) is 31.8 Å². The number of phenols is 1. The van der Waals surface area contributed by atoms with Gasteiger partial charge in [-0.1, -0.05) is 15.9 Å². The number of amides is 2. The molecular formula is C17H14BrN3O5S2. The molecule has 3 rings (SSSR count). The fraction of sp³-hybridized carbons (Fsp3) is 0.176. The minimum absolute atomic E-state index is 0.0801. The van der Waals surface area contributed by atoms with Crippen LogP contribution in [0.4, 0.5) is 4.79 Å². The molecule has 28 heavy (non-hydrogen) atoms. The summed E-state index contributed by atoms with van der Waals surface area (Å²) in [5, 5.41) is 10.0. The molecule has 0 aliphatic carbocycles. The number of halogens is 1. The Balaban J connectivity index is 1.80. The van der Waals surface area contributed by atoms with Gasteiger partial charge in [-0.15, -0.1) is 0 Å². The zero-order valence-corrected chi connectivity index (χ0v) is 17.9. The lowest BCUT2D eigenvalue weighted by atomic mass is 10.2. The van der Waals surface area contributed by atoms with Crippen molar-refractivity contribution in [2.75, 3.05) is 13.3 Å². The normalized spacial score (nSPS) is 16.7. The van der Waals surface area contributed by atoms with Crippen LogP contribution in [0, 0.1) is 0 Å². The average Bonchev–Trinajstić information content (AvgIpc) is 2.90. The first-order valence-corrected chi connectivity index (χ1v) is 10.9. The van der Waals surface area contributed by atoms with Gasteiger partial charge >= 0.3 is 5.16 Å². The van der Waals surface area contributed by atoms with Gasteiger partial charge < -0.3 is 14.4 Å². The summed E-state index contributed by atoms with van der Waals surface area (Å²) in [7, 11) is 1.42. The lowest BCUT2D eigenvalue weighted by Crippen LogP contribution is -2.22. The van der Waals surface area contributed by atoms with E-state index in [4.69, 9.17) is 4.74 Å². The Hall–Kier alpha value is -2.08. The van der Waals surface area contributed by atoms with Crippen LogP contribution in [0.3, 0.4) is 0 Å². The van der Waals surface area contributed by atoms with Crippen molar-refractivity contribution in [1.29, 1.82) is 0 Å². The van der Waals surface area contributed by atoms with Crippen LogP contribution in [0.25, 0.3) is 6.08 Å². The summed E-state index contributed by atoms with van der Waals surface area (Å²) in [6.07, 6.45) is 6.04. The molecule has 146 valence electrons. The summed E-state index contributed by atoms with van der Waals surface area (Å²) in [4.78, 5) is 33.0. The van der Waals surface area contributed by atoms with E-state index in [1.807, 2.05) is 0 Å². The van der Waals surface area contributed by atoms with Gasteiger partial charge in [0.2, 0.25) is 0 Å². The maximum absolute atomic E-state index is 12.1. The number of nitrogens with zero attached hydrogens (tertiary/aromatic N) is 3. The third-order valence-electron chi connectivity index (χ3n) is 3.68. The molecule has 1 aromatic heterocycles. The molecule has 2 amide bonds. The van der Waals surface area contributed by atoms with Crippen LogP contribution in [0.2, 0.25) is 0 Å². The fourth-order valence-electron chi connectivity index (χ4n) is 2.20. The molecule has 8 nitrogen and oxygen atoms in total. The van der Waals surface area contributed by atoms with Crippen molar-refractivity contribution in [1.82, 2.24) is 14.9 Å². The number of hydrogen-bond donors (Lipinski definition) is 1. The highest BCUT2D eigenvalue weighted by Gasteiger charge is 2.32. The van der Waals surface area contributed by atoms with Gasteiger partial charge in [0.15, 0.2) is 11.5 Å². The van der Waals surface area contributed by atoms with Crippen molar-refractivity contribution in [3.8, 4) is 11.5 Å². The Morgan fingerprint density at radius 2 is 2.04 bits per heavy atom. The number of likely N-dealkylation sites (N-methyl/N-ethyl adjacent to an activating group) is 1. The van der Waals surface area contributed by atoms with Crippen LogP contribution in [-0.4, -0.2) is 49.0 Å². The number of ether oxygens (including phenoxy) is 1. The zero-order chi connectivity index (χ0) is 20.4. The number of carbonyl (C=O) groups is 2. The molecule has 2 heterocycles. The Bertz CT molecular complexity index is 966. The third-order valence-corrected chi connectivity index (χ3v) is 6.06. The monoisotopic (exact) mass is 483 g/mol. The lowest BCUT2D eigenvalue weighted by molar-refractivity contribution is -0.121. The quantitative estimate of drug-likeness (QED) is 0.391. The van der Waals surface area contributed by atoms with Crippen molar-refractivity contribution in [2.45, 2.75) is 11.8 Å². The highest BCUT2D eigenvalue weighted by molar-refractivity contribution is 9.10. The van der Waals surface area contributed by atoms with Gasteiger partial charge in [0.05, 0.1) is 4.91 Å². The number of hydrogen-bond acceptors (Lipinski definition) is 8. The van der Waals surface area contributed by atoms with Crippen molar-refractivity contribution in [3.05, 3.63) is 45.0 Å².